The molecule has 0 unspecified atom stereocenters. The van der Waals surface area contributed by atoms with Gasteiger partial charge < -0.3 is 25.0 Å². The molecule has 0 bridgehead atoms. The van der Waals surface area contributed by atoms with Gasteiger partial charge in [0.2, 0.25) is 0 Å². The fraction of sp³-hybridized carbons (Fsp3) is 0.750. The Labute approximate surface area is 244 Å². The van der Waals surface area contributed by atoms with Gasteiger partial charge in [-0.25, -0.2) is 23.2 Å². The van der Waals surface area contributed by atoms with Gasteiger partial charge in [0.25, 0.3) is 5.91 Å². The Morgan fingerprint density at radius 3 is 2.32 bits per heavy atom. The quantitative estimate of drug-likeness (QED) is 0.383. The maximum absolute atomic E-state index is 14.2. The van der Waals surface area contributed by atoms with Crippen molar-refractivity contribution in [2.24, 2.45) is 11.8 Å². The molecule has 1 fully saturated rings. The summed E-state index contributed by atoms with van der Waals surface area (Å²) in [6, 6.07) is -0.590. The predicted molar refractivity (Wildman–Crippen MR) is 157 cm³/mol. The minimum atomic E-state index is -3.15. The molecule has 12 nitrogen and oxygen atoms in total. The zero-order valence-electron chi connectivity index (χ0n) is 25.9. The van der Waals surface area contributed by atoms with Crippen LogP contribution >= 0.6 is 0 Å². The number of aliphatic carboxylic acids is 1. The average Bonchev–Trinajstić information content (AvgIpc) is 2.82. The van der Waals surface area contributed by atoms with Crippen molar-refractivity contribution in [2.75, 3.05) is 43.5 Å². The number of sulfone groups is 1. The number of nitrogens with one attached hydrogen (secondary N) is 1. The van der Waals surface area contributed by atoms with Crippen LogP contribution in [0.1, 0.15) is 84.4 Å². The number of piperidine rings is 1. The molecule has 0 aliphatic carbocycles. The Morgan fingerprint density at radius 1 is 1.17 bits per heavy atom. The minimum absolute atomic E-state index is 0.0129. The monoisotopic (exact) mass is 597 g/mol. The van der Waals surface area contributed by atoms with Crippen LogP contribution in [0.3, 0.4) is 0 Å². The Hall–Kier alpha value is -2.96. The summed E-state index contributed by atoms with van der Waals surface area (Å²) in [6.07, 6.45) is 2.50. The Balaban J connectivity index is 2.48. The second kappa shape index (κ2) is 13.3. The number of aromatic nitrogens is 2. The maximum Gasteiger partial charge on any atom is 0.410 e. The van der Waals surface area contributed by atoms with Gasteiger partial charge in [0.05, 0.1) is 17.7 Å². The highest BCUT2D eigenvalue weighted by Crippen LogP contribution is 2.28. The number of carbonyl (C=O) groups is 3. The lowest BCUT2D eigenvalue weighted by Crippen LogP contribution is -2.56. The van der Waals surface area contributed by atoms with Gasteiger partial charge in [-0.2, -0.15) is 0 Å². The molecule has 2 amide bonds. The van der Waals surface area contributed by atoms with Gasteiger partial charge >= 0.3 is 12.1 Å². The van der Waals surface area contributed by atoms with Gasteiger partial charge in [0.15, 0.2) is 0 Å². The Morgan fingerprint density at radius 2 is 1.80 bits per heavy atom. The van der Waals surface area contributed by atoms with Gasteiger partial charge in [0.1, 0.15) is 32.6 Å². The second-order valence-corrected chi connectivity index (χ2v) is 15.5. The number of rotatable bonds is 10. The summed E-state index contributed by atoms with van der Waals surface area (Å²) in [7, 11) is -3.15. The fourth-order valence-corrected chi connectivity index (χ4v) is 5.14. The molecule has 2 heterocycles. The highest BCUT2D eigenvalue weighted by Gasteiger charge is 2.40. The molecule has 13 heteroatoms. The molecular formula is C28H47N5O7S. The van der Waals surface area contributed by atoms with Crippen molar-refractivity contribution < 1.29 is 32.6 Å². The van der Waals surface area contributed by atoms with Crippen molar-refractivity contribution in [3.05, 3.63) is 17.6 Å². The summed E-state index contributed by atoms with van der Waals surface area (Å²) in [5.41, 5.74) is -0.978. The highest BCUT2D eigenvalue weighted by molar-refractivity contribution is 7.90. The molecule has 2 atom stereocenters. The molecule has 1 aromatic rings. The predicted octanol–water partition coefficient (Wildman–Crippen LogP) is 3.43. The molecule has 0 radical (unpaired) electrons. The molecule has 1 aromatic heterocycles. The summed E-state index contributed by atoms with van der Waals surface area (Å²) < 4.78 is 28.7. The Kier molecular flexibility index (Phi) is 11.1. The first-order chi connectivity index (χ1) is 18.7. The fourth-order valence-electron chi connectivity index (χ4n) is 4.47. The van der Waals surface area contributed by atoms with E-state index in [-0.39, 0.29) is 49.1 Å². The van der Waals surface area contributed by atoms with Crippen LogP contribution < -0.4 is 5.32 Å². The van der Waals surface area contributed by atoms with Crippen LogP contribution in [0.2, 0.25) is 0 Å². The minimum Gasteiger partial charge on any atom is -0.481 e. The molecule has 2 N–H and O–H groups in total. The lowest BCUT2D eigenvalue weighted by Gasteiger charge is -2.42. The molecule has 41 heavy (non-hydrogen) atoms. The zero-order chi connectivity index (χ0) is 31.3. The number of carbonyl (C=O) groups excluding carboxylic acids is 2. The lowest BCUT2D eigenvalue weighted by molar-refractivity contribution is -0.144. The average molecular weight is 598 g/mol. The van der Waals surface area contributed by atoms with Gasteiger partial charge in [-0.15, -0.1) is 0 Å². The number of nitrogens with zero attached hydrogens (tertiary/aromatic N) is 4. The molecule has 1 aliphatic heterocycles. The van der Waals surface area contributed by atoms with Crippen LogP contribution in [0, 0.1) is 11.8 Å². The number of carboxylic acid groups (broad SMARTS) is 1. The number of hydrogen-bond acceptors (Lipinski definition) is 9. The first-order valence-electron chi connectivity index (χ1n) is 14.0. The Bertz CT molecular complexity index is 1210. The van der Waals surface area contributed by atoms with E-state index in [4.69, 9.17) is 4.74 Å². The van der Waals surface area contributed by atoms with E-state index in [1.54, 1.807) is 25.7 Å². The SMILES string of the molecule is CC(C)CN(C(=O)c1cnc(C(C)(C)C)nc1NCCCS(C)(=O)=O)[C@H]1C[C@@H](C(=O)O)CN(C(=O)OC(C)(C)C)C1. The second-order valence-electron chi connectivity index (χ2n) is 13.3. The van der Waals surface area contributed by atoms with E-state index in [1.165, 1.54) is 17.4 Å². The molecule has 0 aromatic carbocycles. The van der Waals surface area contributed by atoms with E-state index in [0.29, 0.717) is 18.8 Å². The molecule has 0 saturated carbocycles. The number of amides is 2. The standard InChI is InChI=1S/C28H47N5O7S/c1-18(2)15-33(20-13-19(24(35)36)16-32(17-20)26(37)40-28(6,7)8)23(34)21-14-30-25(27(3,4)5)31-22(21)29-11-10-12-41(9,38)39/h14,18-20H,10-13,15-17H2,1-9H3,(H,35,36)(H,29,30,31)/t19-,20+/m1/s1. The van der Waals surface area contributed by atoms with E-state index < -0.39 is 50.8 Å². The zero-order valence-corrected chi connectivity index (χ0v) is 26.7. The third kappa shape index (κ3) is 10.8. The van der Waals surface area contributed by atoms with E-state index in [0.717, 1.165) is 0 Å². The summed E-state index contributed by atoms with van der Waals surface area (Å²) >= 11 is 0. The summed E-state index contributed by atoms with van der Waals surface area (Å²) in [4.78, 5) is 51.3. The topological polar surface area (TPSA) is 159 Å². The largest absolute Gasteiger partial charge is 0.481 e. The first kappa shape index (κ1) is 34.2. The van der Waals surface area contributed by atoms with Crippen molar-refractivity contribution >= 4 is 33.6 Å². The van der Waals surface area contributed by atoms with Crippen LogP contribution in [0.5, 0.6) is 0 Å². The van der Waals surface area contributed by atoms with Crippen LogP contribution in [-0.4, -0.2) is 101 Å². The van der Waals surface area contributed by atoms with E-state index in [1.807, 2.05) is 34.6 Å². The number of hydrogen-bond donors (Lipinski definition) is 2. The van der Waals surface area contributed by atoms with Gasteiger partial charge in [-0.3, -0.25) is 9.59 Å². The number of ether oxygens (including phenoxy) is 1. The van der Waals surface area contributed by atoms with E-state index in [2.05, 4.69) is 15.3 Å². The normalized spacial score (nSPS) is 18.2. The highest BCUT2D eigenvalue weighted by atomic mass is 32.2. The molecule has 1 saturated heterocycles. The molecule has 1 aliphatic rings. The van der Waals surface area contributed by atoms with Crippen molar-refractivity contribution in [2.45, 2.75) is 85.3 Å². The van der Waals surface area contributed by atoms with E-state index in [9.17, 15) is 27.9 Å². The number of carboxylic acids is 1. The lowest BCUT2D eigenvalue weighted by atomic mass is 9.92. The summed E-state index contributed by atoms with van der Waals surface area (Å²) in [6.45, 7) is 15.6. The van der Waals surface area contributed by atoms with Gasteiger partial charge in [0, 0.05) is 44.0 Å². The molecular weight excluding hydrogens is 550 g/mol. The summed E-state index contributed by atoms with van der Waals surface area (Å²) in [5, 5.41) is 13.0. The van der Waals surface area contributed by atoms with Crippen molar-refractivity contribution in [1.29, 1.82) is 0 Å². The maximum atomic E-state index is 14.2. The van der Waals surface area contributed by atoms with Gasteiger partial charge in [-0.1, -0.05) is 34.6 Å². The number of likely N-dealkylation sites (tertiary alicyclic amines) is 1. The first-order valence-corrected chi connectivity index (χ1v) is 16.0. The third-order valence-electron chi connectivity index (χ3n) is 6.37. The van der Waals surface area contributed by atoms with E-state index >= 15 is 0 Å². The molecule has 0 spiro atoms. The van der Waals surface area contributed by atoms with Crippen LogP contribution in [0.25, 0.3) is 0 Å². The smallest absolute Gasteiger partial charge is 0.410 e. The van der Waals surface area contributed by atoms with Crippen LogP contribution in [0.4, 0.5) is 10.6 Å². The summed E-state index contributed by atoms with van der Waals surface area (Å²) in [5.74, 6) is -1.51. The third-order valence-corrected chi connectivity index (χ3v) is 7.40. The van der Waals surface area contributed by atoms with Gasteiger partial charge in [-0.05, 0) is 39.5 Å². The number of anilines is 1. The molecule has 2 rings (SSSR count). The van der Waals surface area contributed by atoms with Crippen LogP contribution in [-0.2, 0) is 24.8 Å². The van der Waals surface area contributed by atoms with Crippen molar-refractivity contribution in [3.8, 4) is 0 Å². The van der Waals surface area contributed by atoms with Crippen LogP contribution in [0.15, 0.2) is 6.20 Å². The van der Waals surface area contributed by atoms with Crippen molar-refractivity contribution in [1.82, 2.24) is 19.8 Å². The van der Waals surface area contributed by atoms with Crippen molar-refractivity contribution in [3.63, 3.8) is 0 Å². The molecule has 232 valence electrons.